The predicted molar refractivity (Wildman–Crippen MR) is 66.9 cm³/mol. The van der Waals surface area contributed by atoms with Gasteiger partial charge in [0.1, 0.15) is 11.4 Å². The molecule has 0 aliphatic rings. The predicted octanol–water partition coefficient (Wildman–Crippen LogP) is 3.72. The van der Waals surface area contributed by atoms with Crippen LogP contribution < -0.4 is 15.8 Å². The number of hydrogen-bond acceptors (Lipinski definition) is 3. The molecule has 2 rings (SSSR count). The van der Waals surface area contributed by atoms with Crippen LogP contribution in [0.25, 0.3) is 0 Å². The van der Waals surface area contributed by atoms with Gasteiger partial charge in [-0.05, 0) is 12.1 Å². The summed E-state index contributed by atoms with van der Waals surface area (Å²) in [4.78, 5) is 0. The third-order valence-electron chi connectivity index (χ3n) is 2.73. The molecule has 0 spiro atoms. The van der Waals surface area contributed by atoms with E-state index in [4.69, 9.17) is 10.5 Å². The SMILES string of the molecule is COc1ccc(N)c(Nc2c(F)c(F)c(F)c(F)c2F)c1. The van der Waals surface area contributed by atoms with E-state index in [1.165, 1.54) is 25.3 Å². The van der Waals surface area contributed by atoms with Crippen molar-refractivity contribution in [1.82, 2.24) is 0 Å². The molecule has 8 heteroatoms. The highest BCUT2D eigenvalue weighted by Gasteiger charge is 2.26. The second kappa shape index (κ2) is 5.47. The molecule has 0 bridgehead atoms. The normalized spacial score (nSPS) is 10.6. The first kappa shape index (κ1) is 14.9. The molecule has 2 aromatic carbocycles. The summed E-state index contributed by atoms with van der Waals surface area (Å²) in [6, 6.07) is 4.08. The number of hydrogen-bond donors (Lipinski definition) is 2. The van der Waals surface area contributed by atoms with E-state index in [0.29, 0.717) is 0 Å². The highest BCUT2D eigenvalue weighted by molar-refractivity contribution is 5.74. The summed E-state index contributed by atoms with van der Waals surface area (Å²) < 4.78 is 71.1. The molecule has 0 fully saturated rings. The van der Waals surface area contributed by atoms with Crippen molar-refractivity contribution in [3.05, 3.63) is 47.3 Å². The van der Waals surface area contributed by atoms with Crippen molar-refractivity contribution >= 4 is 17.1 Å². The first-order valence-corrected chi connectivity index (χ1v) is 5.58. The van der Waals surface area contributed by atoms with Gasteiger partial charge >= 0.3 is 0 Å². The van der Waals surface area contributed by atoms with Crippen LogP contribution in [-0.2, 0) is 0 Å². The van der Waals surface area contributed by atoms with Crippen molar-refractivity contribution in [2.45, 2.75) is 0 Å². The van der Waals surface area contributed by atoms with Crippen molar-refractivity contribution in [2.75, 3.05) is 18.2 Å². The van der Waals surface area contributed by atoms with Crippen LogP contribution in [0.5, 0.6) is 5.75 Å². The van der Waals surface area contributed by atoms with Gasteiger partial charge in [0.15, 0.2) is 23.3 Å². The number of nitrogens with two attached hydrogens (primary N) is 1. The van der Waals surface area contributed by atoms with E-state index in [1.807, 2.05) is 0 Å². The third-order valence-corrected chi connectivity index (χ3v) is 2.73. The third kappa shape index (κ3) is 2.56. The molecule has 3 nitrogen and oxygen atoms in total. The Morgan fingerprint density at radius 1 is 0.905 bits per heavy atom. The molecular formula is C13H9F5N2O. The van der Waals surface area contributed by atoms with E-state index in [2.05, 4.69) is 5.32 Å². The topological polar surface area (TPSA) is 47.3 Å². The molecule has 2 aromatic rings. The van der Waals surface area contributed by atoms with Gasteiger partial charge in [0.2, 0.25) is 5.82 Å². The summed E-state index contributed by atoms with van der Waals surface area (Å²) in [7, 11) is 1.34. The van der Waals surface area contributed by atoms with E-state index in [1.54, 1.807) is 0 Å². The minimum Gasteiger partial charge on any atom is -0.497 e. The summed E-state index contributed by atoms with van der Waals surface area (Å²) in [5.41, 5.74) is 4.37. The Kier molecular flexibility index (Phi) is 3.88. The Bertz CT molecular complexity index is 676. The molecule has 0 atom stereocenters. The number of anilines is 3. The van der Waals surface area contributed by atoms with Crippen LogP contribution in [0.2, 0.25) is 0 Å². The van der Waals surface area contributed by atoms with Crippen molar-refractivity contribution in [1.29, 1.82) is 0 Å². The van der Waals surface area contributed by atoms with Crippen LogP contribution >= 0.6 is 0 Å². The minimum atomic E-state index is -2.23. The number of halogens is 5. The lowest BCUT2D eigenvalue weighted by atomic mass is 10.2. The Hall–Kier alpha value is -2.51. The van der Waals surface area contributed by atoms with Crippen LogP contribution in [0.3, 0.4) is 0 Å². The molecule has 0 aliphatic heterocycles. The van der Waals surface area contributed by atoms with Gasteiger partial charge in [-0.15, -0.1) is 0 Å². The van der Waals surface area contributed by atoms with E-state index < -0.39 is 34.8 Å². The van der Waals surface area contributed by atoms with E-state index in [0.717, 1.165) is 0 Å². The van der Waals surface area contributed by atoms with Gasteiger partial charge in [0, 0.05) is 6.07 Å². The van der Waals surface area contributed by atoms with Gasteiger partial charge in [-0.2, -0.15) is 0 Å². The Balaban J connectivity index is 2.55. The van der Waals surface area contributed by atoms with Crippen LogP contribution in [0.4, 0.5) is 39.0 Å². The zero-order chi connectivity index (χ0) is 15.7. The number of ether oxygens (including phenoxy) is 1. The number of nitrogens with one attached hydrogen (secondary N) is 1. The largest absolute Gasteiger partial charge is 0.497 e. The summed E-state index contributed by atoms with van der Waals surface area (Å²) in [5.74, 6) is -9.98. The molecule has 0 amide bonds. The summed E-state index contributed by atoms with van der Waals surface area (Å²) in [5, 5.41) is 2.09. The van der Waals surface area contributed by atoms with Crippen LogP contribution in [0, 0.1) is 29.1 Å². The molecule has 0 aromatic heterocycles. The van der Waals surface area contributed by atoms with Crippen molar-refractivity contribution in [2.24, 2.45) is 0 Å². The molecule has 0 unspecified atom stereocenters. The second-order valence-corrected chi connectivity index (χ2v) is 4.02. The maximum absolute atomic E-state index is 13.5. The fourth-order valence-electron chi connectivity index (χ4n) is 1.62. The zero-order valence-corrected chi connectivity index (χ0v) is 10.6. The number of benzene rings is 2. The smallest absolute Gasteiger partial charge is 0.200 e. The van der Waals surface area contributed by atoms with Gasteiger partial charge < -0.3 is 15.8 Å². The first-order chi connectivity index (χ1) is 9.86. The lowest BCUT2D eigenvalue weighted by Gasteiger charge is -2.13. The summed E-state index contributed by atoms with van der Waals surface area (Å²) >= 11 is 0. The Morgan fingerprint density at radius 3 is 1.95 bits per heavy atom. The van der Waals surface area contributed by atoms with Crippen LogP contribution in [0.15, 0.2) is 18.2 Å². The van der Waals surface area contributed by atoms with Gasteiger partial charge in [-0.3, -0.25) is 0 Å². The lowest BCUT2D eigenvalue weighted by molar-refractivity contribution is 0.382. The highest BCUT2D eigenvalue weighted by Crippen LogP contribution is 2.33. The average molecular weight is 304 g/mol. The maximum Gasteiger partial charge on any atom is 0.200 e. The van der Waals surface area contributed by atoms with Crippen LogP contribution in [-0.4, -0.2) is 7.11 Å². The summed E-state index contributed by atoms with van der Waals surface area (Å²) in [6.07, 6.45) is 0. The van der Waals surface area contributed by atoms with Gasteiger partial charge in [-0.25, -0.2) is 22.0 Å². The van der Waals surface area contributed by atoms with Crippen molar-refractivity contribution < 1.29 is 26.7 Å². The molecule has 0 saturated heterocycles. The highest BCUT2D eigenvalue weighted by atomic mass is 19.2. The quantitative estimate of drug-likeness (QED) is 0.393. The first-order valence-electron chi connectivity index (χ1n) is 5.58. The van der Waals surface area contributed by atoms with E-state index in [-0.39, 0.29) is 17.1 Å². The second-order valence-electron chi connectivity index (χ2n) is 4.02. The van der Waals surface area contributed by atoms with Gasteiger partial charge in [-0.1, -0.05) is 0 Å². The Morgan fingerprint density at radius 2 is 1.43 bits per heavy atom. The van der Waals surface area contributed by atoms with E-state index >= 15 is 0 Å². The summed E-state index contributed by atoms with van der Waals surface area (Å²) in [6.45, 7) is 0. The number of methoxy groups -OCH3 is 1. The van der Waals surface area contributed by atoms with Crippen molar-refractivity contribution in [3.63, 3.8) is 0 Å². The fourth-order valence-corrected chi connectivity index (χ4v) is 1.62. The standard InChI is InChI=1S/C13H9F5N2O/c1-21-5-2-3-6(19)7(4-5)20-13-11(17)9(15)8(14)10(16)12(13)18/h2-4,20H,19H2,1H3. The average Bonchev–Trinajstić information content (AvgIpc) is 2.49. The number of rotatable bonds is 3. The minimum absolute atomic E-state index is 0.0414. The van der Waals surface area contributed by atoms with Crippen molar-refractivity contribution in [3.8, 4) is 5.75 Å². The molecule has 0 saturated carbocycles. The molecule has 3 N–H and O–H groups in total. The zero-order valence-electron chi connectivity index (χ0n) is 10.6. The molecule has 0 heterocycles. The van der Waals surface area contributed by atoms with Gasteiger partial charge in [0.25, 0.3) is 0 Å². The molecule has 112 valence electrons. The molecular weight excluding hydrogens is 295 g/mol. The lowest BCUT2D eigenvalue weighted by Crippen LogP contribution is -2.08. The monoisotopic (exact) mass is 304 g/mol. The maximum atomic E-state index is 13.5. The molecule has 0 radical (unpaired) electrons. The molecule has 21 heavy (non-hydrogen) atoms. The van der Waals surface area contributed by atoms with Gasteiger partial charge in [0.05, 0.1) is 18.5 Å². The Labute approximate surface area is 116 Å². The molecule has 0 aliphatic carbocycles. The number of nitrogen functional groups attached to an aromatic ring is 1. The fraction of sp³-hybridized carbons (Fsp3) is 0.0769. The van der Waals surface area contributed by atoms with Crippen LogP contribution in [0.1, 0.15) is 0 Å². The van der Waals surface area contributed by atoms with E-state index in [9.17, 15) is 22.0 Å².